The fraction of sp³-hybridized carbons (Fsp3) is 0.875. The summed E-state index contributed by atoms with van der Waals surface area (Å²) in [5.41, 5.74) is 0. The maximum absolute atomic E-state index is 5.29. The van der Waals surface area contributed by atoms with E-state index in [0.29, 0.717) is 12.1 Å². The highest BCUT2D eigenvalue weighted by atomic mass is 15.2. The third kappa shape index (κ3) is 4.63. The first-order valence-electron chi connectivity index (χ1n) is 7.61. The summed E-state index contributed by atoms with van der Waals surface area (Å²) in [4.78, 5) is 2.64. The predicted octanol–water partition coefficient (Wildman–Crippen LogP) is 2.89. The van der Waals surface area contributed by atoms with Crippen LogP contribution < -0.4 is 5.32 Å². The Labute approximate surface area is 114 Å². The van der Waals surface area contributed by atoms with Crippen LogP contribution in [0.4, 0.5) is 0 Å². The van der Waals surface area contributed by atoms with E-state index in [1.807, 2.05) is 0 Å². The van der Waals surface area contributed by atoms with Crippen LogP contribution in [-0.4, -0.2) is 36.6 Å². The number of rotatable bonds is 7. The number of unbranched alkanes of at least 4 members (excludes halogenated alkanes) is 2. The average Bonchev–Trinajstić information content (AvgIpc) is 2.38. The zero-order valence-corrected chi connectivity index (χ0v) is 12.4. The summed E-state index contributed by atoms with van der Waals surface area (Å²) in [6.45, 7) is 10.6. The second kappa shape index (κ2) is 8.56. The van der Waals surface area contributed by atoms with Crippen LogP contribution in [0, 0.1) is 18.3 Å². The van der Waals surface area contributed by atoms with Gasteiger partial charge in [-0.25, -0.2) is 0 Å². The number of likely N-dealkylation sites (tertiary alicyclic amines) is 1. The summed E-state index contributed by atoms with van der Waals surface area (Å²) in [6, 6.07) is 1.40. The number of nitrogens with zero attached hydrogens (tertiary/aromatic N) is 1. The molecule has 2 nitrogen and oxygen atoms in total. The Balaban J connectivity index is 2.31. The highest BCUT2D eigenvalue weighted by Crippen LogP contribution is 2.24. The Morgan fingerprint density at radius 1 is 1.33 bits per heavy atom. The maximum atomic E-state index is 5.29. The molecule has 1 N–H and O–H groups in total. The third-order valence-corrected chi connectivity index (χ3v) is 4.37. The summed E-state index contributed by atoms with van der Waals surface area (Å²) in [5.74, 6) is 3.48. The maximum Gasteiger partial charge on any atom is 0.0120 e. The first kappa shape index (κ1) is 15.5. The molecule has 1 aliphatic rings. The van der Waals surface area contributed by atoms with E-state index in [0.717, 1.165) is 18.9 Å². The molecule has 1 aliphatic heterocycles. The quantitative estimate of drug-likeness (QED) is 0.552. The number of terminal acetylenes is 1. The van der Waals surface area contributed by atoms with Crippen molar-refractivity contribution in [3.05, 3.63) is 0 Å². The van der Waals surface area contributed by atoms with Gasteiger partial charge in [-0.15, -0.1) is 12.3 Å². The lowest BCUT2D eigenvalue weighted by Crippen LogP contribution is -2.53. The first-order valence-corrected chi connectivity index (χ1v) is 7.61. The lowest BCUT2D eigenvalue weighted by atomic mass is 9.86. The van der Waals surface area contributed by atoms with Crippen LogP contribution in [0.1, 0.15) is 52.9 Å². The summed E-state index contributed by atoms with van der Waals surface area (Å²) in [7, 11) is 0. The molecule has 104 valence electrons. The molecule has 1 heterocycles. The number of piperidine rings is 1. The monoisotopic (exact) mass is 250 g/mol. The molecule has 1 fully saturated rings. The van der Waals surface area contributed by atoms with Crippen molar-refractivity contribution in [1.82, 2.24) is 10.2 Å². The molecule has 18 heavy (non-hydrogen) atoms. The first-order chi connectivity index (χ1) is 8.70. The minimum absolute atomic E-state index is 0.693. The van der Waals surface area contributed by atoms with Crippen LogP contribution in [0.5, 0.6) is 0 Å². The molecule has 0 aliphatic carbocycles. The van der Waals surface area contributed by atoms with Crippen LogP contribution >= 0.6 is 0 Å². The molecule has 3 unspecified atom stereocenters. The van der Waals surface area contributed by atoms with Gasteiger partial charge < -0.3 is 10.2 Å². The SMILES string of the molecule is C#CCCCCN1CCC(NCCC)C(C)C1C. The lowest BCUT2D eigenvalue weighted by molar-refractivity contribution is 0.0836. The topological polar surface area (TPSA) is 15.3 Å². The van der Waals surface area contributed by atoms with Crippen molar-refractivity contribution in [2.45, 2.75) is 65.0 Å². The van der Waals surface area contributed by atoms with Crippen LogP contribution in [0.3, 0.4) is 0 Å². The van der Waals surface area contributed by atoms with Gasteiger partial charge in [-0.2, -0.15) is 0 Å². The Morgan fingerprint density at radius 3 is 2.78 bits per heavy atom. The zero-order valence-electron chi connectivity index (χ0n) is 12.4. The normalized spacial score (nSPS) is 29.1. The van der Waals surface area contributed by atoms with Gasteiger partial charge in [-0.05, 0) is 58.2 Å². The van der Waals surface area contributed by atoms with Gasteiger partial charge in [0.15, 0.2) is 0 Å². The molecule has 0 saturated carbocycles. The Bertz CT molecular complexity index is 256. The fourth-order valence-corrected chi connectivity index (χ4v) is 2.92. The lowest BCUT2D eigenvalue weighted by Gasteiger charge is -2.43. The van der Waals surface area contributed by atoms with Crippen molar-refractivity contribution in [1.29, 1.82) is 0 Å². The van der Waals surface area contributed by atoms with E-state index >= 15 is 0 Å². The fourth-order valence-electron chi connectivity index (χ4n) is 2.92. The van der Waals surface area contributed by atoms with Gasteiger partial charge in [0.1, 0.15) is 0 Å². The minimum Gasteiger partial charge on any atom is -0.314 e. The smallest absolute Gasteiger partial charge is 0.0120 e. The van der Waals surface area contributed by atoms with Crippen LogP contribution in [0.25, 0.3) is 0 Å². The number of hydrogen-bond donors (Lipinski definition) is 1. The van der Waals surface area contributed by atoms with Gasteiger partial charge in [-0.3, -0.25) is 0 Å². The van der Waals surface area contributed by atoms with Gasteiger partial charge in [0.05, 0.1) is 0 Å². The van der Waals surface area contributed by atoms with Crippen LogP contribution in [0.2, 0.25) is 0 Å². The van der Waals surface area contributed by atoms with Crippen molar-refractivity contribution in [3.63, 3.8) is 0 Å². The van der Waals surface area contributed by atoms with E-state index in [1.54, 1.807) is 0 Å². The summed E-state index contributed by atoms with van der Waals surface area (Å²) in [5, 5.41) is 3.70. The number of hydrogen-bond acceptors (Lipinski definition) is 2. The molecule has 3 atom stereocenters. The van der Waals surface area contributed by atoms with E-state index in [2.05, 4.69) is 36.9 Å². The molecular formula is C16H30N2. The van der Waals surface area contributed by atoms with E-state index in [1.165, 1.54) is 38.8 Å². The molecule has 0 aromatic heterocycles. The molecule has 0 radical (unpaired) electrons. The average molecular weight is 250 g/mol. The van der Waals surface area contributed by atoms with Crippen molar-refractivity contribution in [3.8, 4) is 12.3 Å². The summed E-state index contributed by atoms with van der Waals surface area (Å²) >= 11 is 0. The van der Waals surface area contributed by atoms with Gasteiger partial charge in [0, 0.05) is 18.5 Å². The van der Waals surface area contributed by atoms with Crippen molar-refractivity contribution in [2.75, 3.05) is 19.6 Å². The van der Waals surface area contributed by atoms with Crippen LogP contribution in [-0.2, 0) is 0 Å². The van der Waals surface area contributed by atoms with Crippen molar-refractivity contribution in [2.24, 2.45) is 5.92 Å². The summed E-state index contributed by atoms with van der Waals surface area (Å²) < 4.78 is 0. The molecular weight excluding hydrogens is 220 g/mol. The Kier molecular flexibility index (Phi) is 7.39. The highest BCUT2D eigenvalue weighted by molar-refractivity contribution is 4.89. The van der Waals surface area contributed by atoms with E-state index in [4.69, 9.17) is 6.42 Å². The Hall–Kier alpha value is -0.520. The molecule has 0 bridgehead atoms. The standard InChI is InChI=1S/C16H30N2/c1-5-7-8-9-12-18-13-10-16(17-11-6-2)14(3)15(18)4/h1,14-17H,6-13H2,2-4H3. The van der Waals surface area contributed by atoms with E-state index in [9.17, 15) is 0 Å². The molecule has 0 aromatic rings. The Morgan fingerprint density at radius 2 is 2.11 bits per heavy atom. The van der Waals surface area contributed by atoms with Crippen molar-refractivity contribution >= 4 is 0 Å². The van der Waals surface area contributed by atoms with Gasteiger partial charge in [0.2, 0.25) is 0 Å². The van der Waals surface area contributed by atoms with Gasteiger partial charge in [-0.1, -0.05) is 13.8 Å². The predicted molar refractivity (Wildman–Crippen MR) is 79.6 cm³/mol. The molecule has 1 rings (SSSR count). The summed E-state index contributed by atoms with van der Waals surface area (Å²) in [6.07, 6.45) is 11.2. The second-order valence-corrected chi connectivity index (χ2v) is 5.65. The largest absolute Gasteiger partial charge is 0.314 e. The molecule has 1 saturated heterocycles. The molecule has 0 amide bonds. The number of nitrogens with one attached hydrogen (secondary N) is 1. The molecule has 0 aromatic carbocycles. The minimum atomic E-state index is 0.693. The highest BCUT2D eigenvalue weighted by Gasteiger charge is 2.31. The van der Waals surface area contributed by atoms with Crippen molar-refractivity contribution < 1.29 is 0 Å². The molecule has 0 spiro atoms. The van der Waals surface area contributed by atoms with Gasteiger partial charge >= 0.3 is 0 Å². The van der Waals surface area contributed by atoms with Crippen LogP contribution in [0.15, 0.2) is 0 Å². The third-order valence-electron chi connectivity index (χ3n) is 4.37. The van der Waals surface area contributed by atoms with E-state index < -0.39 is 0 Å². The van der Waals surface area contributed by atoms with E-state index in [-0.39, 0.29) is 0 Å². The second-order valence-electron chi connectivity index (χ2n) is 5.65. The molecule has 2 heteroatoms. The zero-order chi connectivity index (χ0) is 13.4. The van der Waals surface area contributed by atoms with Gasteiger partial charge in [0.25, 0.3) is 0 Å².